The predicted octanol–water partition coefficient (Wildman–Crippen LogP) is 1.80. The highest BCUT2D eigenvalue weighted by atomic mass is 32.1. The highest BCUT2D eigenvalue weighted by molar-refractivity contribution is 7.80. The molecule has 0 aromatic carbocycles. The van der Waals surface area contributed by atoms with E-state index in [1.54, 1.807) is 0 Å². The number of hydrogen-bond donors (Lipinski definition) is 3. The summed E-state index contributed by atoms with van der Waals surface area (Å²) >= 11 is 4.13. The lowest BCUT2D eigenvalue weighted by atomic mass is 10.2. The molecule has 2 amide bonds. The van der Waals surface area contributed by atoms with Gasteiger partial charge in [0.05, 0.1) is 0 Å². The van der Waals surface area contributed by atoms with Crippen molar-refractivity contribution in [2.75, 3.05) is 18.8 Å². The van der Waals surface area contributed by atoms with E-state index in [1.165, 1.54) is 19.3 Å². The summed E-state index contributed by atoms with van der Waals surface area (Å²) in [6.45, 7) is 3.37. The number of rotatable bonds is 7. The number of urea groups is 1. The number of amides is 2. The van der Waals surface area contributed by atoms with Gasteiger partial charge >= 0.3 is 6.03 Å². The van der Waals surface area contributed by atoms with Crippen molar-refractivity contribution in [2.45, 2.75) is 32.6 Å². The molecular weight excluding hydrogens is 184 g/mol. The first-order valence-electron chi connectivity index (χ1n) is 4.93. The minimum absolute atomic E-state index is 0.0586. The quantitative estimate of drug-likeness (QED) is 0.429. The zero-order chi connectivity index (χ0) is 9.94. The third kappa shape index (κ3) is 9.53. The van der Waals surface area contributed by atoms with Gasteiger partial charge < -0.3 is 10.6 Å². The van der Waals surface area contributed by atoms with E-state index >= 15 is 0 Å². The fourth-order valence-corrected chi connectivity index (χ4v) is 1.24. The van der Waals surface area contributed by atoms with Crippen LogP contribution in [0.15, 0.2) is 0 Å². The molecule has 13 heavy (non-hydrogen) atoms. The van der Waals surface area contributed by atoms with Crippen LogP contribution in [-0.2, 0) is 0 Å². The predicted molar refractivity (Wildman–Crippen MR) is 59.4 cm³/mol. The van der Waals surface area contributed by atoms with Crippen LogP contribution in [-0.4, -0.2) is 24.9 Å². The molecule has 0 atom stereocenters. The lowest BCUT2D eigenvalue weighted by Gasteiger charge is -2.04. The van der Waals surface area contributed by atoms with Crippen molar-refractivity contribution < 1.29 is 4.79 Å². The molecule has 0 saturated heterocycles. The molecule has 0 aromatic heterocycles. The second kappa shape index (κ2) is 9.71. The molecule has 0 heterocycles. The SMILES string of the molecule is CCNC(=O)NCCCCCCS. The molecular formula is C9H20N2OS. The maximum atomic E-state index is 10.9. The van der Waals surface area contributed by atoms with Crippen molar-refractivity contribution in [2.24, 2.45) is 0 Å². The van der Waals surface area contributed by atoms with Crippen molar-refractivity contribution in [3.63, 3.8) is 0 Å². The summed E-state index contributed by atoms with van der Waals surface area (Å²) in [5.41, 5.74) is 0. The smallest absolute Gasteiger partial charge is 0.314 e. The molecule has 0 rings (SSSR count). The summed E-state index contributed by atoms with van der Waals surface area (Å²) in [7, 11) is 0. The molecule has 0 spiro atoms. The largest absolute Gasteiger partial charge is 0.338 e. The Morgan fingerprint density at radius 3 is 2.46 bits per heavy atom. The number of carbonyl (C=O) groups excluding carboxylic acids is 1. The minimum Gasteiger partial charge on any atom is -0.338 e. The second-order valence-corrected chi connectivity index (χ2v) is 3.37. The third-order valence-corrected chi connectivity index (χ3v) is 2.02. The maximum absolute atomic E-state index is 10.9. The molecule has 0 aromatic rings. The van der Waals surface area contributed by atoms with Crippen molar-refractivity contribution in [3.8, 4) is 0 Å². The first-order valence-corrected chi connectivity index (χ1v) is 5.57. The Morgan fingerprint density at radius 2 is 1.85 bits per heavy atom. The van der Waals surface area contributed by atoms with E-state index in [0.717, 1.165) is 18.7 Å². The van der Waals surface area contributed by atoms with Gasteiger partial charge in [-0.1, -0.05) is 12.8 Å². The number of unbranched alkanes of at least 4 members (excludes halogenated alkanes) is 3. The molecule has 4 heteroatoms. The number of carbonyl (C=O) groups is 1. The van der Waals surface area contributed by atoms with Gasteiger partial charge in [-0.15, -0.1) is 0 Å². The van der Waals surface area contributed by atoms with Gasteiger partial charge in [0.2, 0.25) is 0 Å². The number of nitrogens with one attached hydrogen (secondary N) is 2. The second-order valence-electron chi connectivity index (χ2n) is 2.92. The first-order chi connectivity index (χ1) is 6.31. The standard InChI is InChI=1S/C9H20N2OS/c1-2-10-9(12)11-7-5-3-4-6-8-13/h13H,2-8H2,1H3,(H2,10,11,12). The van der Waals surface area contributed by atoms with E-state index in [9.17, 15) is 4.79 Å². The molecule has 2 N–H and O–H groups in total. The highest BCUT2D eigenvalue weighted by Crippen LogP contribution is 1.99. The van der Waals surface area contributed by atoms with Crippen LogP contribution < -0.4 is 10.6 Å². The summed E-state index contributed by atoms with van der Waals surface area (Å²) in [6, 6.07) is -0.0586. The van der Waals surface area contributed by atoms with Crippen LogP contribution in [0, 0.1) is 0 Å². The summed E-state index contributed by atoms with van der Waals surface area (Å²) in [4.78, 5) is 10.9. The van der Waals surface area contributed by atoms with Crippen LogP contribution in [0.1, 0.15) is 32.6 Å². The molecule has 0 aliphatic rings. The average Bonchev–Trinajstić information content (AvgIpc) is 2.11. The van der Waals surface area contributed by atoms with Crippen LogP contribution in [0.25, 0.3) is 0 Å². The topological polar surface area (TPSA) is 41.1 Å². The van der Waals surface area contributed by atoms with Gasteiger partial charge in [-0.05, 0) is 25.5 Å². The Kier molecular flexibility index (Phi) is 9.42. The van der Waals surface area contributed by atoms with E-state index in [2.05, 4.69) is 23.3 Å². The van der Waals surface area contributed by atoms with Gasteiger partial charge in [0, 0.05) is 13.1 Å². The molecule has 0 saturated carbocycles. The van der Waals surface area contributed by atoms with Crippen molar-refractivity contribution in [1.29, 1.82) is 0 Å². The normalized spacial score (nSPS) is 9.69. The molecule has 78 valence electrons. The molecule has 0 fully saturated rings. The average molecular weight is 204 g/mol. The van der Waals surface area contributed by atoms with Gasteiger partial charge in [0.15, 0.2) is 0 Å². The number of thiol groups is 1. The highest BCUT2D eigenvalue weighted by Gasteiger charge is 1.95. The minimum atomic E-state index is -0.0586. The summed E-state index contributed by atoms with van der Waals surface area (Å²) in [6.07, 6.45) is 4.61. The molecule has 0 radical (unpaired) electrons. The Hall–Kier alpha value is -0.380. The van der Waals surface area contributed by atoms with Gasteiger partial charge in [-0.25, -0.2) is 4.79 Å². The van der Waals surface area contributed by atoms with Crippen LogP contribution >= 0.6 is 12.6 Å². The van der Waals surface area contributed by atoms with Gasteiger partial charge in [0.25, 0.3) is 0 Å². The fraction of sp³-hybridized carbons (Fsp3) is 0.889. The van der Waals surface area contributed by atoms with E-state index in [-0.39, 0.29) is 6.03 Å². The van der Waals surface area contributed by atoms with E-state index in [1.807, 2.05) is 6.92 Å². The Labute approximate surface area is 86.1 Å². The summed E-state index contributed by atoms with van der Waals surface area (Å²) in [5, 5.41) is 5.48. The van der Waals surface area contributed by atoms with Crippen LogP contribution in [0.5, 0.6) is 0 Å². The molecule has 0 aliphatic carbocycles. The van der Waals surface area contributed by atoms with Gasteiger partial charge in [-0.2, -0.15) is 12.6 Å². The van der Waals surface area contributed by atoms with Gasteiger partial charge in [-0.3, -0.25) is 0 Å². The Morgan fingerprint density at radius 1 is 1.15 bits per heavy atom. The lowest BCUT2D eigenvalue weighted by Crippen LogP contribution is -2.35. The maximum Gasteiger partial charge on any atom is 0.314 e. The molecule has 3 nitrogen and oxygen atoms in total. The monoisotopic (exact) mass is 204 g/mol. The van der Waals surface area contributed by atoms with Crippen molar-refractivity contribution >= 4 is 18.7 Å². The fourth-order valence-electron chi connectivity index (χ4n) is 1.02. The Bertz CT molecular complexity index is 131. The zero-order valence-corrected chi connectivity index (χ0v) is 9.20. The molecule has 0 bridgehead atoms. The van der Waals surface area contributed by atoms with E-state index in [4.69, 9.17) is 0 Å². The van der Waals surface area contributed by atoms with Crippen LogP contribution in [0.4, 0.5) is 4.79 Å². The summed E-state index contributed by atoms with van der Waals surface area (Å²) in [5.74, 6) is 0.962. The van der Waals surface area contributed by atoms with Crippen LogP contribution in [0.2, 0.25) is 0 Å². The van der Waals surface area contributed by atoms with E-state index < -0.39 is 0 Å². The lowest BCUT2D eigenvalue weighted by molar-refractivity contribution is 0.241. The Balaban J connectivity index is 3.02. The van der Waals surface area contributed by atoms with Crippen molar-refractivity contribution in [3.05, 3.63) is 0 Å². The molecule has 0 aliphatic heterocycles. The third-order valence-electron chi connectivity index (χ3n) is 1.71. The van der Waals surface area contributed by atoms with Crippen LogP contribution in [0.3, 0.4) is 0 Å². The summed E-state index contributed by atoms with van der Waals surface area (Å²) < 4.78 is 0. The van der Waals surface area contributed by atoms with Crippen molar-refractivity contribution in [1.82, 2.24) is 10.6 Å². The van der Waals surface area contributed by atoms with Gasteiger partial charge in [0.1, 0.15) is 0 Å². The number of hydrogen-bond acceptors (Lipinski definition) is 2. The molecule has 0 unspecified atom stereocenters. The zero-order valence-electron chi connectivity index (χ0n) is 8.31. The first kappa shape index (κ1) is 12.6. The van der Waals surface area contributed by atoms with E-state index in [0.29, 0.717) is 6.54 Å².